The van der Waals surface area contributed by atoms with Crippen LogP contribution in [0.1, 0.15) is 6.42 Å². The summed E-state index contributed by atoms with van der Waals surface area (Å²) in [7, 11) is -1.66. The molecule has 4 aromatic rings. The molecule has 4 rings (SSSR count). The molecular weight excluding hydrogens is 434 g/mol. The van der Waals surface area contributed by atoms with Crippen molar-refractivity contribution in [2.24, 2.45) is 0 Å². The molecule has 0 aliphatic carbocycles. The average molecular weight is 460 g/mol. The van der Waals surface area contributed by atoms with E-state index in [0.29, 0.717) is 15.0 Å². The molecule has 0 aliphatic heterocycles. The predicted octanol–water partition coefficient (Wildman–Crippen LogP) is 4.82. The third-order valence-electron chi connectivity index (χ3n) is 5.24. The van der Waals surface area contributed by atoms with Crippen LogP contribution in [-0.2, 0) is 0 Å². The van der Waals surface area contributed by atoms with Gasteiger partial charge in [0.25, 0.3) is 0 Å². The fourth-order valence-electron chi connectivity index (χ4n) is 3.89. The molecule has 0 amide bonds. The Hall–Kier alpha value is -2.17. The Labute approximate surface area is 181 Å². The fourth-order valence-corrected chi connectivity index (χ4v) is 10.5. The fraction of sp³-hybridized carbons (Fsp3) is 0.111. The van der Waals surface area contributed by atoms with Gasteiger partial charge in [0.05, 0.1) is 0 Å². The Kier molecular flexibility index (Phi) is 6.96. The molecule has 0 fully saturated rings. The van der Waals surface area contributed by atoms with Crippen LogP contribution in [0.25, 0.3) is 0 Å². The van der Waals surface area contributed by atoms with Crippen molar-refractivity contribution in [3.63, 3.8) is 0 Å². The molecule has 0 heterocycles. The molecule has 0 aliphatic rings. The van der Waals surface area contributed by atoms with E-state index in [1.165, 1.54) is 38.3 Å². The summed E-state index contributed by atoms with van der Waals surface area (Å²) in [4.78, 5) is 0. The Morgan fingerprint density at radius 1 is 0.483 bits per heavy atom. The molecule has 0 saturated heterocycles. The van der Waals surface area contributed by atoms with Gasteiger partial charge in [-0.15, -0.1) is 0 Å². The van der Waals surface area contributed by atoms with Crippen LogP contribution in [-0.4, -0.2) is 21.1 Å². The molecule has 2 heteroatoms. The normalized spacial score (nSPS) is 11.3. The Bertz CT molecular complexity index is 889. The van der Waals surface area contributed by atoms with Gasteiger partial charge in [-0.25, -0.2) is 0 Å². The van der Waals surface area contributed by atoms with Crippen molar-refractivity contribution in [1.29, 1.82) is 0 Å². The van der Waals surface area contributed by atoms with Gasteiger partial charge in [0, 0.05) is 0 Å². The van der Waals surface area contributed by atoms with E-state index < -0.39 is 7.26 Å². The molecule has 4 aromatic carbocycles. The summed E-state index contributed by atoms with van der Waals surface area (Å²) in [6.07, 6.45) is 2.47. The zero-order valence-corrected chi connectivity index (χ0v) is 19.1. The monoisotopic (exact) mass is 461 g/mol. The first kappa shape index (κ1) is 20.1. The molecule has 0 bridgehead atoms. The van der Waals surface area contributed by atoms with Gasteiger partial charge in [-0.1, -0.05) is 0 Å². The second-order valence-corrected chi connectivity index (χ2v) is 13.1. The topological polar surface area (TPSA) is 0 Å². The van der Waals surface area contributed by atoms with Crippen LogP contribution in [0.5, 0.6) is 0 Å². The number of hydrogen-bond acceptors (Lipinski definition) is 0. The van der Waals surface area contributed by atoms with Crippen molar-refractivity contribution in [2.75, 3.05) is 6.16 Å². The van der Waals surface area contributed by atoms with E-state index in [-0.39, 0.29) is 0 Å². The molecule has 0 atom stereocenters. The molecule has 0 saturated carbocycles. The predicted molar refractivity (Wildman–Crippen MR) is 131 cm³/mol. The SMILES string of the molecule is c1ccc([Se]CCC[P+](c2ccccc2)(c2ccccc2)c2ccccc2)cc1. The van der Waals surface area contributed by atoms with Crippen molar-refractivity contribution >= 4 is 42.6 Å². The van der Waals surface area contributed by atoms with Crippen LogP contribution in [0.3, 0.4) is 0 Å². The van der Waals surface area contributed by atoms with E-state index in [1.54, 1.807) is 0 Å². The summed E-state index contributed by atoms with van der Waals surface area (Å²) in [6, 6.07) is 44.6. The van der Waals surface area contributed by atoms with E-state index in [4.69, 9.17) is 0 Å². The van der Waals surface area contributed by atoms with Gasteiger partial charge in [0.2, 0.25) is 0 Å². The molecular formula is C27H26PSe+. The van der Waals surface area contributed by atoms with E-state index in [9.17, 15) is 0 Å². The second kappa shape index (κ2) is 10.0. The first-order chi connectivity index (χ1) is 14.4. The van der Waals surface area contributed by atoms with Gasteiger partial charge in [0.15, 0.2) is 0 Å². The van der Waals surface area contributed by atoms with Crippen LogP contribution >= 0.6 is 7.26 Å². The van der Waals surface area contributed by atoms with Crippen LogP contribution in [0, 0.1) is 0 Å². The standard InChI is InChI=1S/C27H26PSe/c1-5-14-24(15-6-1)28(25-16-7-2-8-17-25,26-18-9-3-10-19-26)22-13-23-29-27-20-11-4-12-21-27/h1-12,14-21H,13,22-23H2/q+1. The van der Waals surface area contributed by atoms with Crippen molar-refractivity contribution < 1.29 is 0 Å². The minimum absolute atomic E-state index is 0.543. The average Bonchev–Trinajstić information content (AvgIpc) is 2.82. The molecule has 0 spiro atoms. The molecule has 0 N–H and O–H groups in total. The van der Waals surface area contributed by atoms with Crippen LogP contribution in [0.15, 0.2) is 121 Å². The Morgan fingerprint density at radius 3 is 1.28 bits per heavy atom. The van der Waals surface area contributed by atoms with E-state index in [2.05, 4.69) is 121 Å². The molecule has 0 radical (unpaired) electrons. The van der Waals surface area contributed by atoms with Gasteiger partial charge in [-0.05, 0) is 0 Å². The first-order valence-electron chi connectivity index (χ1n) is 10.1. The summed E-state index contributed by atoms with van der Waals surface area (Å²) in [5.74, 6) is 0. The van der Waals surface area contributed by atoms with Crippen LogP contribution in [0.4, 0.5) is 0 Å². The molecule has 0 nitrogen and oxygen atoms in total. The summed E-state index contributed by atoms with van der Waals surface area (Å²) in [6.45, 7) is 0. The molecule has 0 unspecified atom stereocenters. The van der Waals surface area contributed by atoms with Crippen molar-refractivity contribution in [3.8, 4) is 0 Å². The Balaban J connectivity index is 1.70. The molecule has 29 heavy (non-hydrogen) atoms. The van der Waals surface area contributed by atoms with Crippen molar-refractivity contribution in [3.05, 3.63) is 121 Å². The first-order valence-corrected chi connectivity index (χ1v) is 14.2. The second-order valence-electron chi connectivity index (χ2n) is 7.06. The number of hydrogen-bond donors (Lipinski definition) is 0. The molecule has 144 valence electrons. The van der Waals surface area contributed by atoms with Gasteiger partial charge in [-0.2, -0.15) is 0 Å². The van der Waals surface area contributed by atoms with Crippen molar-refractivity contribution in [1.82, 2.24) is 0 Å². The van der Waals surface area contributed by atoms with Crippen molar-refractivity contribution in [2.45, 2.75) is 11.7 Å². The number of benzene rings is 4. The summed E-state index contributed by atoms with van der Waals surface area (Å²) in [5.41, 5.74) is 0. The van der Waals surface area contributed by atoms with E-state index >= 15 is 0 Å². The van der Waals surface area contributed by atoms with E-state index in [0.717, 1.165) is 0 Å². The maximum atomic E-state index is 2.34. The summed E-state index contributed by atoms with van der Waals surface area (Å²) >= 11 is 0.543. The third kappa shape index (κ3) is 4.71. The van der Waals surface area contributed by atoms with Crippen LogP contribution in [0.2, 0.25) is 5.32 Å². The van der Waals surface area contributed by atoms with Gasteiger partial charge in [-0.3, -0.25) is 0 Å². The zero-order chi connectivity index (χ0) is 19.8. The quantitative estimate of drug-likeness (QED) is 0.201. The zero-order valence-electron chi connectivity index (χ0n) is 16.5. The third-order valence-corrected chi connectivity index (χ3v) is 12.1. The van der Waals surface area contributed by atoms with Gasteiger partial charge < -0.3 is 0 Å². The minimum atomic E-state index is -1.66. The summed E-state index contributed by atoms with van der Waals surface area (Å²) in [5, 5.41) is 5.75. The van der Waals surface area contributed by atoms with E-state index in [1.807, 2.05) is 0 Å². The van der Waals surface area contributed by atoms with Crippen LogP contribution < -0.4 is 20.4 Å². The maximum absolute atomic E-state index is 2.34. The number of rotatable bonds is 8. The molecule has 0 aromatic heterocycles. The van der Waals surface area contributed by atoms with Gasteiger partial charge in [0.1, 0.15) is 0 Å². The van der Waals surface area contributed by atoms with Gasteiger partial charge >= 0.3 is 182 Å². The Morgan fingerprint density at radius 2 is 0.862 bits per heavy atom. The summed E-state index contributed by atoms with van der Waals surface area (Å²) < 4.78 is 1.50.